The molecule has 8 heteroatoms. The van der Waals surface area contributed by atoms with Crippen LogP contribution in [0, 0.1) is 13.8 Å². The molecule has 0 spiro atoms. The number of phenols is 1. The Kier molecular flexibility index (Phi) is 7.31. The number of nitrogens with zero attached hydrogens (tertiary/aromatic N) is 3. The Morgan fingerprint density at radius 3 is 2.34 bits per heavy atom. The number of piperidine rings is 1. The molecule has 1 amide bonds. The van der Waals surface area contributed by atoms with Crippen LogP contribution < -0.4 is 16.0 Å². The first-order valence-corrected chi connectivity index (χ1v) is 12.1. The maximum Gasteiger partial charge on any atom is 0.254 e. The predicted molar refractivity (Wildman–Crippen MR) is 140 cm³/mol. The Bertz CT molecular complexity index is 1150. The van der Waals surface area contributed by atoms with E-state index < -0.39 is 5.91 Å². The Balaban J connectivity index is 1.43. The topological polar surface area (TPSA) is 111 Å². The van der Waals surface area contributed by atoms with Gasteiger partial charge in [0.15, 0.2) is 5.82 Å². The van der Waals surface area contributed by atoms with Gasteiger partial charge in [-0.2, -0.15) is 5.10 Å². The van der Waals surface area contributed by atoms with Gasteiger partial charge in [-0.3, -0.25) is 9.89 Å². The number of aromatic hydroxyl groups is 1. The number of primary amides is 1. The molecule has 3 aromatic rings. The Morgan fingerprint density at radius 2 is 1.77 bits per heavy atom. The van der Waals surface area contributed by atoms with Gasteiger partial charge in [0.25, 0.3) is 5.91 Å². The average Bonchev–Trinajstić information content (AvgIpc) is 3.24. The second-order valence-electron chi connectivity index (χ2n) is 9.75. The fourth-order valence-electron chi connectivity index (χ4n) is 4.90. The maximum atomic E-state index is 12.3. The van der Waals surface area contributed by atoms with Crippen molar-refractivity contribution >= 4 is 17.4 Å². The Hall–Kier alpha value is -3.52. The van der Waals surface area contributed by atoms with Crippen molar-refractivity contribution in [3.8, 4) is 5.75 Å². The lowest BCUT2D eigenvalue weighted by Crippen LogP contribution is -2.41. The number of carbonyl (C=O) groups excluding carboxylic acids is 1. The number of anilines is 2. The van der Waals surface area contributed by atoms with Gasteiger partial charge in [-0.15, -0.1) is 0 Å². The molecular formula is C27H36N6O2. The summed E-state index contributed by atoms with van der Waals surface area (Å²) >= 11 is 0. The van der Waals surface area contributed by atoms with Crippen molar-refractivity contribution in [1.82, 2.24) is 15.1 Å². The minimum Gasteiger partial charge on any atom is -0.507 e. The number of phenolic OH excluding ortho intramolecular Hbond substituents is 1. The molecule has 0 atom stereocenters. The van der Waals surface area contributed by atoms with Crippen LogP contribution >= 0.6 is 0 Å². The molecule has 5 N–H and O–H groups in total. The van der Waals surface area contributed by atoms with E-state index in [1.54, 1.807) is 0 Å². The molecule has 1 saturated heterocycles. The van der Waals surface area contributed by atoms with E-state index in [2.05, 4.69) is 63.7 Å². The largest absolute Gasteiger partial charge is 0.507 e. The molecule has 1 aliphatic heterocycles. The summed E-state index contributed by atoms with van der Waals surface area (Å²) in [5.74, 6) is 0.226. The average molecular weight is 477 g/mol. The van der Waals surface area contributed by atoms with Crippen molar-refractivity contribution in [3.05, 3.63) is 69.9 Å². The molecule has 35 heavy (non-hydrogen) atoms. The number of amides is 1. The lowest BCUT2D eigenvalue weighted by Gasteiger charge is -2.36. The van der Waals surface area contributed by atoms with Crippen molar-refractivity contribution in [2.24, 2.45) is 5.73 Å². The number of carbonyl (C=O) groups is 1. The number of nitrogens with one attached hydrogen (secondary N) is 2. The first-order chi connectivity index (χ1) is 16.7. The monoisotopic (exact) mass is 476 g/mol. The van der Waals surface area contributed by atoms with E-state index in [0.29, 0.717) is 41.8 Å². The molecule has 186 valence electrons. The zero-order valence-electron chi connectivity index (χ0n) is 21.1. The van der Waals surface area contributed by atoms with E-state index in [-0.39, 0.29) is 0 Å². The second kappa shape index (κ2) is 10.4. The third kappa shape index (κ3) is 5.59. The highest BCUT2D eigenvalue weighted by atomic mass is 16.3. The SMILES string of the molecule is Cc1cc(CNc2n[nH]c(Cc3ccc(N4CCC(N(C)C)CC4)cc3)c2C(N)=O)cc(C)c1O. The molecule has 2 aromatic carbocycles. The van der Waals surface area contributed by atoms with E-state index >= 15 is 0 Å². The van der Waals surface area contributed by atoms with Crippen molar-refractivity contribution in [2.45, 2.75) is 45.7 Å². The van der Waals surface area contributed by atoms with Gasteiger partial charge in [-0.05, 0) is 75.2 Å². The highest BCUT2D eigenvalue weighted by molar-refractivity contribution is 5.99. The van der Waals surface area contributed by atoms with Gasteiger partial charge in [0, 0.05) is 37.8 Å². The second-order valence-corrected chi connectivity index (χ2v) is 9.75. The number of hydrogen-bond donors (Lipinski definition) is 4. The van der Waals surface area contributed by atoms with Gasteiger partial charge in [0.1, 0.15) is 11.3 Å². The molecule has 0 radical (unpaired) electrons. The van der Waals surface area contributed by atoms with Crippen LogP contribution in [0.2, 0.25) is 0 Å². The van der Waals surface area contributed by atoms with Gasteiger partial charge in [-0.25, -0.2) is 0 Å². The third-order valence-electron chi connectivity index (χ3n) is 6.98. The summed E-state index contributed by atoms with van der Waals surface area (Å²) < 4.78 is 0. The molecule has 1 aromatic heterocycles. The van der Waals surface area contributed by atoms with Crippen LogP contribution in [0.25, 0.3) is 0 Å². The Labute approximate surface area is 207 Å². The fraction of sp³-hybridized carbons (Fsp3) is 0.407. The summed E-state index contributed by atoms with van der Waals surface area (Å²) in [6.45, 7) is 6.31. The molecule has 1 fully saturated rings. The number of benzene rings is 2. The molecule has 8 nitrogen and oxygen atoms in total. The highest BCUT2D eigenvalue weighted by Crippen LogP contribution is 2.26. The summed E-state index contributed by atoms with van der Waals surface area (Å²) in [6, 6.07) is 13.0. The number of aromatic nitrogens is 2. The summed E-state index contributed by atoms with van der Waals surface area (Å²) in [6.07, 6.45) is 2.88. The fourth-order valence-corrected chi connectivity index (χ4v) is 4.90. The summed E-state index contributed by atoms with van der Waals surface area (Å²) in [7, 11) is 4.31. The lowest BCUT2D eigenvalue weighted by molar-refractivity contribution is 0.100. The van der Waals surface area contributed by atoms with Crippen molar-refractivity contribution in [2.75, 3.05) is 37.4 Å². The highest BCUT2D eigenvalue weighted by Gasteiger charge is 2.21. The van der Waals surface area contributed by atoms with E-state index in [9.17, 15) is 9.90 Å². The van der Waals surface area contributed by atoms with Crippen molar-refractivity contribution in [3.63, 3.8) is 0 Å². The van der Waals surface area contributed by atoms with Gasteiger partial charge in [0.2, 0.25) is 0 Å². The molecular weight excluding hydrogens is 440 g/mol. The smallest absolute Gasteiger partial charge is 0.254 e. The Morgan fingerprint density at radius 1 is 1.14 bits per heavy atom. The normalized spacial score (nSPS) is 14.5. The summed E-state index contributed by atoms with van der Waals surface area (Å²) in [5.41, 5.74) is 11.7. The molecule has 0 aliphatic carbocycles. The van der Waals surface area contributed by atoms with Gasteiger partial charge in [-0.1, -0.05) is 24.3 Å². The van der Waals surface area contributed by atoms with Crippen LogP contribution in [0.15, 0.2) is 36.4 Å². The maximum absolute atomic E-state index is 12.3. The zero-order chi connectivity index (χ0) is 25.1. The minimum absolute atomic E-state index is 0.303. The number of H-pyrrole nitrogens is 1. The summed E-state index contributed by atoms with van der Waals surface area (Å²) in [4.78, 5) is 17.0. The van der Waals surface area contributed by atoms with E-state index in [1.807, 2.05) is 26.0 Å². The van der Waals surface area contributed by atoms with Gasteiger partial charge in [0.05, 0.1) is 5.69 Å². The number of hydrogen-bond acceptors (Lipinski definition) is 6. The minimum atomic E-state index is -0.519. The molecule has 4 rings (SSSR count). The van der Waals surface area contributed by atoms with Crippen LogP contribution in [-0.4, -0.2) is 59.3 Å². The molecule has 0 saturated carbocycles. The number of aromatic amines is 1. The number of nitrogens with two attached hydrogens (primary N) is 1. The van der Waals surface area contributed by atoms with Crippen LogP contribution in [0.4, 0.5) is 11.5 Å². The zero-order valence-corrected chi connectivity index (χ0v) is 21.1. The van der Waals surface area contributed by atoms with Gasteiger partial charge < -0.3 is 26.0 Å². The van der Waals surface area contributed by atoms with Crippen LogP contribution in [0.5, 0.6) is 5.75 Å². The van der Waals surface area contributed by atoms with E-state index in [1.165, 1.54) is 18.5 Å². The lowest BCUT2D eigenvalue weighted by atomic mass is 10.0. The van der Waals surface area contributed by atoms with Crippen molar-refractivity contribution in [1.29, 1.82) is 0 Å². The molecule has 0 bridgehead atoms. The van der Waals surface area contributed by atoms with Crippen LogP contribution in [0.1, 0.15) is 51.1 Å². The van der Waals surface area contributed by atoms with Crippen LogP contribution in [0.3, 0.4) is 0 Å². The third-order valence-corrected chi connectivity index (χ3v) is 6.98. The first-order valence-electron chi connectivity index (χ1n) is 12.1. The molecule has 0 unspecified atom stereocenters. The van der Waals surface area contributed by atoms with Crippen LogP contribution in [-0.2, 0) is 13.0 Å². The quantitative estimate of drug-likeness (QED) is 0.396. The summed E-state index contributed by atoms with van der Waals surface area (Å²) in [5, 5.41) is 20.5. The number of aryl methyl sites for hydroxylation is 2. The van der Waals surface area contributed by atoms with Crippen molar-refractivity contribution < 1.29 is 9.90 Å². The number of rotatable bonds is 8. The molecule has 1 aliphatic rings. The first kappa shape index (κ1) is 24.6. The molecule has 2 heterocycles. The van der Waals surface area contributed by atoms with Gasteiger partial charge >= 0.3 is 0 Å². The van der Waals surface area contributed by atoms with E-state index in [0.717, 1.165) is 35.3 Å². The van der Waals surface area contributed by atoms with E-state index in [4.69, 9.17) is 5.73 Å². The standard InChI is InChI=1S/C27H36N6O2/c1-17-13-20(14-18(2)25(17)34)16-29-27-24(26(28)35)23(30-31-27)15-19-5-7-22(8-6-19)33-11-9-21(10-12-33)32(3)4/h5-8,13-14,21,34H,9-12,15-16H2,1-4H3,(H2,28,35)(H2,29,30,31). The predicted octanol–water partition coefficient (Wildman–Crippen LogP) is 3.56.